The van der Waals surface area contributed by atoms with Crippen molar-refractivity contribution in [3.8, 4) is 0 Å². The van der Waals surface area contributed by atoms with Gasteiger partial charge in [0.15, 0.2) is 0 Å². The van der Waals surface area contributed by atoms with Gasteiger partial charge in [-0.1, -0.05) is 41.9 Å². The molecule has 4 heteroatoms. The second-order valence-electron chi connectivity index (χ2n) is 4.66. The van der Waals surface area contributed by atoms with Crippen LogP contribution in [0, 0.1) is 0 Å². The fraction of sp³-hybridized carbons (Fsp3) is 0. The normalized spacial score (nSPS) is 11.9. The fourth-order valence-electron chi connectivity index (χ4n) is 2.32. The van der Waals surface area contributed by atoms with Crippen molar-refractivity contribution in [2.75, 3.05) is 0 Å². The third-order valence-corrected chi connectivity index (χ3v) is 5.47. The van der Waals surface area contributed by atoms with Crippen molar-refractivity contribution in [2.45, 2.75) is 0 Å². The molecule has 2 heterocycles. The second-order valence-corrected chi connectivity index (χ2v) is 7.47. The van der Waals surface area contributed by atoms with E-state index in [2.05, 4.69) is 48.6 Å². The van der Waals surface area contributed by atoms with Crippen LogP contribution in [-0.4, -0.2) is 4.98 Å². The maximum Gasteiger partial charge on any atom is 0.117 e. The van der Waals surface area contributed by atoms with E-state index in [1.165, 1.54) is 15.5 Å². The lowest BCUT2D eigenvalue weighted by atomic mass is 10.1. The molecule has 0 N–H and O–H groups in total. The van der Waals surface area contributed by atoms with Gasteiger partial charge in [-0.05, 0) is 35.7 Å². The van der Waals surface area contributed by atoms with E-state index < -0.39 is 0 Å². The average Bonchev–Trinajstić information content (AvgIpc) is 3.11. The van der Waals surface area contributed by atoms with Gasteiger partial charge in [-0.3, -0.25) is 0 Å². The van der Waals surface area contributed by atoms with Crippen LogP contribution >= 0.6 is 34.3 Å². The molecule has 0 aliphatic heterocycles. The zero-order valence-corrected chi connectivity index (χ0v) is 13.3. The summed E-state index contributed by atoms with van der Waals surface area (Å²) < 4.78 is 2.03. The minimum absolute atomic E-state index is 0.810. The van der Waals surface area contributed by atoms with Crippen molar-refractivity contribution in [2.24, 2.45) is 0 Å². The number of benzene rings is 2. The lowest BCUT2D eigenvalue weighted by Gasteiger charge is -1.96. The molecular weight excluding hydrogens is 318 g/mol. The summed E-state index contributed by atoms with van der Waals surface area (Å²) in [7, 11) is 0. The van der Waals surface area contributed by atoms with Gasteiger partial charge < -0.3 is 0 Å². The van der Waals surface area contributed by atoms with Gasteiger partial charge in [0.2, 0.25) is 0 Å². The Labute approximate surface area is 135 Å². The van der Waals surface area contributed by atoms with E-state index in [0.717, 1.165) is 19.7 Å². The summed E-state index contributed by atoms with van der Waals surface area (Å²) >= 11 is 9.23. The van der Waals surface area contributed by atoms with Gasteiger partial charge in [-0.2, -0.15) is 0 Å². The van der Waals surface area contributed by atoms with Crippen LogP contribution in [0.15, 0.2) is 48.5 Å². The van der Waals surface area contributed by atoms with Crippen molar-refractivity contribution < 1.29 is 0 Å². The molecule has 0 radical (unpaired) electrons. The molecular formula is C17H10ClNS2. The molecule has 0 unspecified atom stereocenters. The highest BCUT2D eigenvalue weighted by molar-refractivity contribution is 7.19. The minimum atomic E-state index is 0.810. The van der Waals surface area contributed by atoms with Crippen LogP contribution in [0.4, 0.5) is 0 Å². The molecule has 2 aromatic heterocycles. The number of hydrogen-bond donors (Lipinski definition) is 0. The molecule has 102 valence electrons. The molecule has 0 saturated heterocycles. The van der Waals surface area contributed by atoms with Crippen LogP contribution in [0.5, 0.6) is 0 Å². The number of thiophene rings is 1. The standard InChI is InChI=1S/C17H10ClNS2/c18-15-9-6-12(20-15)7-10-16-19-17-13-4-2-1-3-11(13)5-8-14(17)21-16/h1-10H/b10-7+. The van der Waals surface area contributed by atoms with E-state index in [1.807, 2.05) is 12.1 Å². The van der Waals surface area contributed by atoms with Crippen LogP contribution in [0.2, 0.25) is 4.34 Å². The first-order valence-electron chi connectivity index (χ1n) is 6.51. The quantitative estimate of drug-likeness (QED) is 0.419. The number of thiazole rings is 1. The number of nitrogens with zero attached hydrogens (tertiary/aromatic N) is 1. The summed E-state index contributed by atoms with van der Waals surface area (Å²) in [4.78, 5) is 5.91. The topological polar surface area (TPSA) is 12.9 Å². The maximum absolute atomic E-state index is 5.94. The van der Waals surface area contributed by atoms with Crippen molar-refractivity contribution in [3.63, 3.8) is 0 Å². The third-order valence-electron chi connectivity index (χ3n) is 3.28. The molecule has 0 spiro atoms. The molecule has 4 rings (SSSR count). The predicted molar refractivity (Wildman–Crippen MR) is 95.4 cm³/mol. The summed E-state index contributed by atoms with van der Waals surface area (Å²) in [6, 6.07) is 16.6. The Balaban J connectivity index is 1.80. The molecule has 0 bridgehead atoms. The third kappa shape index (κ3) is 2.48. The number of halogens is 1. The fourth-order valence-corrected chi connectivity index (χ4v) is 4.17. The Hall–Kier alpha value is -1.68. The second kappa shape index (κ2) is 5.26. The molecule has 2 aromatic carbocycles. The SMILES string of the molecule is Clc1ccc(/C=C/c2nc3c(ccc4ccccc43)s2)s1. The van der Waals surface area contributed by atoms with Crippen molar-refractivity contribution >= 4 is 67.4 Å². The minimum Gasteiger partial charge on any atom is -0.236 e. The van der Waals surface area contributed by atoms with E-state index >= 15 is 0 Å². The van der Waals surface area contributed by atoms with Crippen LogP contribution in [0.25, 0.3) is 33.1 Å². The molecule has 0 amide bonds. The van der Waals surface area contributed by atoms with Gasteiger partial charge in [0.05, 0.1) is 14.6 Å². The Morgan fingerprint density at radius 1 is 0.905 bits per heavy atom. The van der Waals surface area contributed by atoms with Crippen LogP contribution in [0.1, 0.15) is 9.88 Å². The van der Waals surface area contributed by atoms with Gasteiger partial charge in [0.1, 0.15) is 5.01 Å². The lowest BCUT2D eigenvalue weighted by Crippen LogP contribution is -1.74. The number of fused-ring (bicyclic) bond motifs is 3. The summed E-state index contributed by atoms with van der Waals surface area (Å²) in [5.41, 5.74) is 1.09. The van der Waals surface area contributed by atoms with E-state index in [-0.39, 0.29) is 0 Å². The van der Waals surface area contributed by atoms with Crippen molar-refractivity contribution in [1.82, 2.24) is 4.98 Å². The predicted octanol–water partition coefficient (Wildman–Crippen LogP) is 6.33. The Bertz CT molecular complexity index is 965. The maximum atomic E-state index is 5.94. The first-order chi connectivity index (χ1) is 10.3. The summed E-state index contributed by atoms with van der Waals surface area (Å²) in [6.45, 7) is 0. The first-order valence-corrected chi connectivity index (χ1v) is 8.52. The summed E-state index contributed by atoms with van der Waals surface area (Å²) in [5.74, 6) is 0. The Kier molecular flexibility index (Phi) is 3.26. The largest absolute Gasteiger partial charge is 0.236 e. The molecule has 0 aliphatic rings. The van der Waals surface area contributed by atoms with Crippen LogP contribution < -0.4 is 0 Å². The van der Waals surface area contributed by atoms with Gasteiger partial charge >= 0.3 is 0 Å². The molecule has 4 aromatic rings. The average molecular weight is 328 g/mol. The van der Waals surface area contributed by atoms with E-state index in [9.17, 15) is 0 Å². The zero-order chi connectivity index (χ0) is 14.2. The molecule has 0 saturated carbocycles. The summed E-state index contributed by atoms with van der Waals surface area (Å²) in [6.07, 6.45) is 4.12. The highest BCUT2D eigenvalue weighted by atomic mass is 35.5. The van der Waals surface area contributed by atoms with E-state index in [1.54, 1.807) is 22.7 Å². The highest BCUT2D eigenvalue weighted by Gasteiger charge is 2.05. The number of rotatable bonds is 2. The van der Waals surface area contributed by atoms with Gasteiger partial charge in [0, 0.05) is 10.3 Å². The smallest absolute Gasteiger partial charge is 0.117 e. The van der Waals surface area contributed by atoms with Crippen LogP contribution in [-0.2, 0) is 0 Å². The van der Waals surface area contributed by atoms with Crippen molar-refractivity contribution in [3.05, 3.63) is 62.8 Å². The first kappa shape index (κ1) is 13.0. The van der Waals surface area contributed by atoms with Gasteiger partial charge in [0.25, 0.3) is 0 Å². The highest BCUT2D eigenvalue weighted by Crippen LogP contribution is 2.30. The number of aromatic nitrogens is 1. The lowest BCUT2D eigenvalue weighted by molar-refractivity contribution is 1.48. The zero-order valence-electron chi connectivity index (χ0n) is 10.9. The molecule has 0 fully saturated rings. The summed E-state index contributed by atoms with van der Waals surface area (Å²) in [5, 5.41) is 3.46. The Morgan fingerprint density at radius 3 is 2.67 bits per heavy atom. The van der Waals surface area contributed by atoms with E-state index in [0.29, 0.717) is 0 Å². The molecule has 1 nitrogen and oxygen atoms in total. The molecule has 0 aliphatic carbocycles. The molecule has 0 atom stereocenters. The van der Waals surface area contributed by atoms with Crippen molar-refractivity contribution in [1.29, 1.82) is 0 Å². The van der Waals surface area contributed by atoms with Crippen LogP contribution in [0.3, 0.4) is 0 Å². The monoisotopic (exact) mass is 327 g/mol. The molecule has 21 heavy (non-hydrogen) atoms. The van der Waals surface area contributed by atoms with Gasteiger partial charge in [-0.15, -0.1) is 22.7 Å². The Morgan fingerprint density at radius 2 is 1.81 bits per heavy atom. The number of hydrogen-bond acceptors (Lipinski definition) is 3. The van der Waals surface area contributed by atoms with Gasteiger partial charge in [-0.25, -0.2) is 4.98 Å². The van der Waals surface area contributed by atoms with E-state index in [4.69, 9.17) is 16.6 Å².